The predicted molar refractivity (Wildman–Crippen MR) is 86.5 cm³/mol. The van der Waals surface area contributed by atoms with E-state index in [0.29, 0.717) is 5.57 Å². The first kappa shape index (κ1) is 19.6. The van der Waals surface area contributed by atoms with Crippen LogP contribution in [-0.2, 0) is 9.53 Å². The van der Waals surface area contributed by atoms with Crippen molar-refractivity contribution >= 4 is 12.2 Å². The van der Waals surface area contributed by atoms with E-state index in [1.54, 1.807) is 19.9 Å². The van der Waals surface area contributed by atoms with Crippen LogP contribution in [0.1, 0.15) is 47.5 Å². The minimum atomic E-state index is -1.37. The molecule has 120 valence electrons. The van der Waals surface area contributed by atoms with Gasteiger partial charge in [-0.1, -0.05) is 39.3 Å². The van der Waals surface area contributed by atoms with Crippen molar-refractivity contribution in [2.75, 3.05) is 6.61 Å². The van der Waals surface area contributed by atoms with Crippen LogP contribution in [0.4, 0.5) is 0 Å². The second-order valence-corrected chi connectivity index (χ2v) is 5.36. The number of hydrogen-bond donors (Lipinski definition) is 2. The summed E-state index contributed by atoms with van der Waals surface area (Å²) in [4.78, 5) is 12.3. The first-order chi connectivity index (χ1) is 9.86. The maximum atomic E-state index is 12.3. The van der Waals surface area contributed by atoms with Crippen LogP contribution < -0.4 is 0 Å². The first-order valence-electron chi connectivity index (χ1n) is 7.63. The lowest BCUT2D eigenvalue weighted by molar-refractivity contribution is -0.158. The fraction of sp³-hybridized carbons (Fsp3) is 0.647. The van der Waals surface area contributed by atoms with Crippen LogP contribution in [0.15, 0.2) is 23.8 Å². The molecule has 0 radical (unpaired) electrons. The number of nitrogens with one attached hydrogen (secondary N) is 1. The molecule has 0 saturated carbocycles. The van der Waals surface area contributed by atoms with E-state index in [-0.39, 0.29) is 12.5 Å². The number of carbonyl (C=O) groups is 1. The van der Waals surface area contributed by atoms with Crippen LogP contribution in [0.3, 0.4) is 0 Å². The topological polar surface area (TPSA) is 70.4 Å². The lowest BCUT2D eigenvalue weighted by atomic mass is 9.74. The van der Waals surface area contributed by atoms with E-state index in [1.165, 1.54) is 6.08 Å². The zero-order valence-electron chi connectivity index (χ0n) is 13.8. The maximum Gasteiger partial charge on any atom is 0.312 e. The SMILES string of the molecule is CC/C=C\C(=C/C=N)C(C)(O)C(C(=O)OCC)C(C)CC. The summed E-state index contributed by atoms with van der Waals surface area (Å²) >= 11 is 0. The number of aliphatic hydroxyl groups is 1. The second kappa shape index (κ2) is 9.50. The summed E-state index contributed by atoms with van der Waals surface area (Å²) in [6.07, 6.45) is 7.92. The van der Waals surface area contributed by atoms with E-state index in [9.17, 15) is 9.90 Å². The average molecular weight is 295 g/mol. The summed E-state index contributed by atoms with van der Waals surface area (Å²) in [5, 5.41) is 18.2. The van der Waals surface area contributed by atoms with Crippen molar-refractivity contribution in [3.05, 3.63) is 23.8 Å². The van der Waals surface area contributed by atoms with Gasteiger partial charge in [-0.25, -0.2) is 0 Å². The minimum Gasteiger partial charge on any atom is -0.466 e. The molecule has 2 N–H and O–H groups in total. The molecule has 0 fully saturated rings. The van der Waals surface area contributed by atoms with Gasteiger partial charge >= 0.3 is 5.97 Å². The van der Waals surface area contributed by atoms with Crippen LogP contribution in [-0.4, -0.2) is 29.5 Å². The largest absolute Gasteiger partial charge is 0.466 e. The number of ether oxygens (including phenoxy) is 1. The summed E-state index contributed by atoms with van der Waals surface area (Å²) in [7, 11) is 0. The summed E-state index contributed by atoms with van der Waals surface area (Å²) in [6.45, 7) is 9.57. The zero-order chi connectivity index (χ0) is 16.5. The van der Waals surface area contributed by atoms with E-state index in [1.807, 2.05) is 26.8 Å². The molecule has 0 aromatic rings. The van der Waals surface area contributed by atoms with Crippen LogP contribution in [0.5, 0.6) is 0 Å². The molecule has 0 amide bonds. The highest BCUT2D eigenvalue weighted by atomic mass is 16.5. The Morgan fingerprint density at radius 1 is 1.38 bits per heavy atom. The van der Waals surface area contributed by atoms with Gasteiger partial charge < -0.3 is 15.3 Å². The van der Waals surface area contributed by atoms with Gasteiger partial charge in [0.15, 0.2) is 0 Å². The van der Waals surface area contributed by atoms with E-state index >= 15 is 0 Å². The van der Waals surface area contributed by atoms with Gasteiger partial charge in [0, 0.05) is 6.21 Å². The summed E-state index contributed by atoms with van der Waals surface area (Å²) in [5.41, 5.74) is -0.817. The first-order valence-corrected chi connectivity index (χ1v) is 7.63. The Bertz CT molecular complexity index is 397. The van der Waals surface area contributed by atoms with Gasteiger partial charge in [0.25, 0.3) is 0 Å². The number of hydrogen-bond acceptors (Lipinski definition) is 4. The molecule has 0 aliphatic heterocycles. The van der Waals surface area contributed by atoms with Crippen molar-refractivity contribution < 1.29 is 14.6 Å². The Labute approximate surface area is 128 Å². The highest BCUT2D eigenvalue weighted by Gasteiger charge is 2.43. The molecule has 3 atom stereocenters. The van der Waals surface area contributed by atoms with E-state index in [0.717, 1.165) is 19.1 Å². The molecular formula is C17H29NO3. The number of carbonyl (C=O) groups excluding carboxylic acids is 1. The predicted octanol–water partition coefficient (Wildman–Crippen LogP) is 3.50. The van der Waals surface area contributed by atoms with Crippen LogP contribution in [0.2, 0.25) is 0 Å². The van der Waals surface area contributed by atoms with Gasteiger partial charge in [-0.15, -0.1) is 0 Å². The van der Waals surface area contributed by atoms with Crippen molar-refractivity contribution in [2.45, 2.75) is 53.1 Å². The normalized spacial score (nSPS) is 18.1. The quantitative estimate of drug-likeness (QED) is 0.388. The van der Waals surface area contributed by atoms with Crippen molar-refractivity contribution in [3.63, 3.8) is 0 Å². The molecule has 0 aromatic heterocycles. The Morgan fingerprint density at radius 3 is 2.43 bits per heavy atom. The third kappa shape index (κ3) is 5.46. The Kier molecular flexibility index (Phi) is 8.86. The standard InChI is InChI=1S/C17H29NO3/c1-6-9-10-14(11-12-18)17(5,20)15(13(4)7-2)16(19)21-8-3/h9-13,15,18,20H,6-8H2,1-5H3/b10-9-,14-11+,18-12?. The Hall–Kier alpha value is -1.42. The molecule has 0 aliphatic rings. The summed E-state index contributed by atoms with van der Waals surface area (Å²) < 4.78 is 5.14. The molecule has 0 heterocycles. The van der Waals surface area contributed by atoms with Gasteiger partial charge in [-0.05, 0) is 37.8 Å². The molecule has 0 spiro atoms. The average Bonchev–Trinajstić information content (AvgIpc) is 2.43. The lowest BCUT2D eigenvalue weighted by Crippen LogP contribution is -2.45. The molecule has 0 aliphatic carbocycles. The lowest BCUT2D eigenvalue weighted by Gasteiger charge is -2.36. The number of allylic oxidation sites excluding steroid dienone is 2. The minimum absolute atomic E-state index is 0.0248. The third-order valence-electron chi connectivity index (χ3n) is 3.74. The summed E-state index contributed by atoms with van der Waals surface area (Å²) in [5.74, 6) is -1.07. The second-order valence-electron chi connectivity index (χ2n) is 5.36. The third-order valence-corrected chi connectivity index (χ3v) is 3.74. The Morgan fingerprint density at radius 2 is 2.00 bits per heavy atom. The fourth-order valence-corrected chi connectivity index (χ4v) is 2.39. The highest BCUT2D eigenvalue weighted by molar-refractivity contribution is 5.77. The molecule has 4 nitrogen and oxygen atoms in total. The molecular weight excluding hydrogens is 266 g/mol. The van der Waals surface area contributed by atoms with Gasteiger partial charge in [-0.2, -0.15) is 0 Å². The molecule has 0 aromatic carbocycles. The number of rotatable bonds is 9. The smallest absolute Gasteiger partial charge is 0.312 e. The molecule has 0 saturated heterocycles. The Balaban J connectivity index is 5.69. The molecule has 21 heavy (non-hydrogen) atoms. The molecule has 0 rings (SSSR count). The molecule has 0 bridgehead atoms. The summed E-state index contributed by atoms with van der Waals surface area (Å²) in [6, 6.07) is 0. The van der Waals surface area contributed by atoms with E-state index < -0.39 is 17.5 Å². The van der Waals surface area contributed by atoms with E-state index in [4.69, 9.17) is 10.1 Å². The van der Waals surface area contributed by atoms with Gasteiger partial charge in [-0.3, -0.25) is 4.79 Å². The van der Waals surface area contributed by atoms with Crippen LogP contribution >= 0.6 is 0 Å². The zero-order valence-corrected chi connectivity index (χ0v) is 13.8. The molecule has 3 unspecified atom stereocenters. The van der Waals surface area contributed by atoms with Crippen molar-refractivity contribution in [2.24, 2.45) is 11.8 Å². The maximum absolute atomic E-state index is 12.3. The van der Waals surface area contributed by atoms with Crippen LogP contribution in [0.25, 0.3) is 0 Å². The number of esters is 1. The van der Waals surface area contributed by atoms with E-state index in [2.05, 4.69) is 0 Å². The highest BCUT2D eigenvalue weighted by Crippen LogP contribution is 2.34. The van der Waals surface area contributed by atoms with Gasteiger partial charge in [0.1, 0.15) is 5.60 Å². The van der Waals surface area contributed by atoms with Crippen molar-refractivity contribution in [3.8, 4) is 0 Å². The van der Waals surface area contributed by atoms with Crippen molar-refractivity contribution in [1.29, 1.82) is 5.41 Å². The van der Waals surface area contributed by atoms with Gasteiger partial charge in [0.05, 0.1) is 12.5 Å². The van der Waals surface area contributed by atoms with Crippen LogP contribution in [0, 0.1) is 17.2 Å². The van der Waals surface area contributed by atoms with Gasteiger partial charge in [0.2, 0.25) is 0 Å². The fourth-order valence-electron chi connectivity index (χ4n) is 2.39. The monoisotopic (exact) mass is 295 g/mol. The molecule has 4 heteroatoms. The van der Waals surface area contributed by atoms with Crippen molar-refractivity contribution in [1.82, 2.24) is 0 Å².